The number of hydrogen-bond acceptors (Lipinski definition) is 5. The third kappa shape index (κ3) is 5.80. The van der Waals surface area contributed by atoms with Gasteiger partial charge in [-0.15, -0.1) is 35.1 Å². The van der Waals surface area contributed by atoms with E-state index in [1.54, 1.807) is 22.7 Å². The highest BCUT2D eigenvalue weighted by atomic mass is 35.5. The van der Waals surface area contributed by atoms with Crippen molar-refractivity contribution in [2.75, 3.05) is 18.1 Å². The predicted molar refractivity (Wildman–Crippen MR) is 104 cm³/mol. The molecule has 3 nitrogen and oxygen atoms in total. The van der Waals surface area contributed by atoms with Crippen LogP contribution in [0.15, 0.2) is 35.0 Å². The molecule has 23 heavy (non-hydrogen) atoms. The van der Waals surface area contributed by atoms with Gasteiger partial charge in [-0.3, -0.25) is 4.79 Å². The standard InChI is InChI=1S/C16H20N2OS3.ClH/c19-16(9-13-12-20-8-5-17-13)18(10-14-3-1-6-21-14)11-15-4-2-7-22-15;/h1-4,6-7,13,17H,5,8-12H2;1H. The van der Waals surface area contributed by atoms with Crippen LogP contribution in [0.3, 0.4) is 0 Å². The molecule has 0 saturated carbocycles. The van der Waals surface area contributed by atoms with E-state index >= 15 is 0 Å². The predicted octanol–water partition coefficient (Wildman–Crippen LogP) is 3.86. The first kappa shape index (κ1) is 18.8. The second kappa shape index (κ2) is 9.69. The number of carbonyl (C=O) groups is 1. The normalized spacial score (nSPS) is 17.5. The largest absolute Gasteiger partial charge is 0.332 e. The van der Waals surface area contributed by atoms with Crippen molar-refractivity contribution < 1.29 is 4.79 Å². The van der Waals surface area contributed by atoms with Gasteiger partial charge >= 0.3 is 0 Å². The molecular weight excluding hydrogens is 368 g/mol. The maximum Gasteiger partial charge on any atom is 0.224 e. The number of nitrogens with zero attached hydrogens (tertiary/aromatic N) is 1. The summed E-state index contributed by atoms with van der Waals surface area (Å²) in [5.74, 6) is 2.44. The van der Waals surface area contributed by atoms with Crippen LogP contribution in [0.4, 0.5) is 0 Å². The van der Waals surface area contributed by atoms with Crippen LogP contribution in [0.1, 0.15) is 16.2 Å². The second-order valence-corrected chi connectivity index (χ2v) is 8.55. The molecule has 3 rings (SSSR count). The maximum atomic E-state index is 12.7. The number of nitrogens with one attached hydrogen (secondary N) is 1. The first-order chi connectivity index (χ1) is 10.8. The van der Waals surface area contributed by atoms with Gasteiger partial charge in [0, 0.05) is 40.3 Å². The minimum Gasteiger partial charge on any atom is -0.332 e. The van der Waals surface area contributed by atoms with Crippen molar-refractivity contribution in [3.05, 3.63) is 44.8 Å². The van der Waals surface area contributed by atoms with E-state index in [2.05, 4.69) is 28.2 Å². The lowest BCUT2D eigenvalue weighted by atomic mass is 10.2. The summed E-state index contributed by atoms with van der Waals surface area (Å²) >= 11 is 5.37. The molecule has 3 heterocycles. The second-order valence-electron chi connectivity index (χ2n) is 5.34. The number of carbonyl (C=O) groups excluding carboxylic acids is 1. The first-order valence-electron chi connectivity index (χ1n) is 7.45. The summed E-state index contributed by atoms with van der Waals surface area (Å²) in [5, 5.41) is 7.60. The monoisotopic (exact) mass is 388 g/mol. The van der Waals surface area contributed by atoms with Gasteiger partial charge < -0.3 is 10.2 Å². The molecule has 2 aromatic rings. The zero-order valence-corrected chi connectivity index (χ0v) is 16.0. The Labute approximate surface area is 155 Å². The average Bonchev–Trinajstić information content (AvgIpc) is 3.21. The molecule has 126 valence electrons. The fraction of sp³-hybridized carbons (Fsp3) is 0.438. The van der Waals surface area contributed by atoms with Crippen molar-refractivity contribution in [1.82, 2.24) is 10.2 Å². The van der Waals surface area contributed by atoms with Gasteiger partial charge in [0.2, 0.25) is 5.91 Å². The van der Waals surface area contributed by atoms with Crippen molar-refractivity contribution in [1.29, 1.82) is 0 Å². The van der Waals surface area contributed by atoms with E-state index in [0.717, 1.165) is 18.1 Å². The SMILES string of the molecule is Cl.O=C(CC1CSCCN1)N(Cc1cccs1)Cc1cccs1. The van der Waals surface area contributed by atoms with Gasteiger partial charge in [-0.05, 0) is 22.9 Å². The Morgan fingerprint density at radius 3 is 2.30 bits per heavy atom. The zero-order valence-electron chi connectivity index (χ0n) is 12.8. The zero-order chi connectivity index (χ0) is 15.2. The first-order valence-corrected chi connectivity index (χ1v) is 10.4. The Bertz CT molecular complexity index is 532. The van der Waals surface area contributed by atoms with Crippen LogP contribution >= 0.6 is 46.8 Å². The summed E-state index contributed by atoms with van der Waals surface area (Å²) in [6, 6.07) is 8.63. The van der Waals surface area contributed by atoms with Crippen molar-refractivity contribution in [3.8, 4) is 0 Å². The molecule has 0 spiro atoms. The molecule has 1 aliphatic heterocycles. The summed E-state index contributed by atoms with van der Waals surface area (Å²) in [6.07, 6.45) is 0.601. The summed E-state index contributed by atoms with van der Waals surface area (Å²) < 4.78 is 0. The van der Waals surface area contributed by atoms with E-state index in [9.17, 15) is 4.79 Å². The summed E-state index contributed by atoms with van der Waals surface area (Å²) in [6.45, 7) is 2.45. The molecule has 1 fully saturated rings. The number of thioether (sulfide) groups is 1. The van der Waals surface area contributed by atoms with Gasteiger partial charge in [0.25, 0.3) is 0 Å². The van der Waals surface area contributed by atoms with Gasteiger partial charge in [0.05, 0.1) is 13.1 Å². The highest BCUT2D eigenvalue weighted by molar-refractivity contribution is 7.99. The van der Waals surface area contributed by atoms with Gasteiger partial charge in [-0.25, -0.2) is 0 Å². The van der Waals surface area contributed by atoms with Gasteiger partial charge in [0.15, 0.2) is 0 Å². The fourth-order valence-corrected chi connectivity index (χ4v) is 4.89. The molecule has 1 aliphatic rings. The van der Waals surface area contributed by atoms with E-state index in [1.807, 2.05) is 28.8 Å². The van der Waals surface area contributed by atoms with E-state index in [-0.39, 0.29) is 18.3 Å². The molecule has 1 amide bonds. The minimum absolute atomic E-state index is 0. The van der Waals surface area contributed by atoms with E-state index in [0.29, 0.717) is 25.6 Å². The maximum absolute atomic E-state index is 12.7. The molecular formula is C16H21ClN2OS3. The van der Waals surface area contributed by atoms with Crippen molar-refractivity contribution in [2.45, 2.75) is 25.6 Å². The molecule has 7 heteroatoms. The van der Waals surface area contributed by atoms with Crippen molar-refractivity contribution in [3.63, 3.8) is 0 Å². The van der Waals surface area contributed by atoms with Crippen molar-refractivity contribution in [2.24, 2.45) is 0 Å². The molecule has 1 atom stereocenters. The van der Waals surface area contributed by atoms with Crippen LogP contribution in [-0.4, -0.2) is 34.9 Å². The molecule has 0 radical (unpaired) electrons. The van der Waals surface area contributed by atoms with Gasteiger partial charge in [-0.2, -0.15) is 11.8 Å². The Morgan fingerprint density at radius 1 is 1.17 bits per heavy atom. The number of rotatable bonds is 6. The third-order valence-electron chi connectivity index (χ3n) is 3.63. The minimum atomic E-state index is 0. The topological polar surface area (TPSA) is 32.3 Å². The number of hydrogen-bond donors (Lipinski definition) is 1. The Kier molecular flexibility index (Phi) is 7.92. The highest BCUT2D eigenvalue weighted by Crippen LogP contribution is 2.19. The Balaban J connectivity index is 0.00000192. The summed E-state index contributed by atoms with van der Waals surface area (Å²) in [5.41, 5.74) is 0. The van der Waals surface area contributed by atoms with Crippen LogP contribution < -0.4 is 5.32 Å². The quantitative estimate of drug-likeness (QED) is 0.815. The van der Waals surface area contributed by atoms with E-state index in [1.165, 1.54) is 9.75 Å². The molecule has 0 bridgehead atoms. The number of thiophene rings is 2. The molecule has 1 N–H and O–H groups in total. The highest BCUT2D eigenvalue weighted by Gasteiger charge is 2.21. The molecule has 1 saturated heterocycles. The molecule has 1 unspecified atom stereocenters. The lowest BCUT2D eigenvalue weighted by Gasteiger charge is -2.27. The molecule has 0 aliphatic carbocycles. The smallest absolute Gasteiger partial charge is 0.224 e. The summed E-state index contributed by atoms with van der Waals surface area (Å²) in [7, 11) is 0. The Hall–Kier alpha value is -0.530. The van der Waals surface area contributed by atoms with Gasteiger partial charge in [-0.1, -0.05) is 12.1 Å². The number of halogens is 1. The Morgan fingerprint density at radius 2 is 1.83 bits per heavy atom. The lowest BCUT2D eigenvalue weighted by Crippen LogP contribution is -2.42. The average molecular weight is 389 g/mol. The molecule has 2 aromatic heterocycles. The molecule has 0 aromatic carbocycles. The van der Waals surface area contributed by atoms with Crippen LogP contribution in [0.2, 0.25) is 0 Å². The van der Waals surface area contributed by atoms with Gasteiger partial charge in [0.1, 0.15) is 0 Å². The van der Waals surface area contributed by atoms with Crippen LogP contribution in [-0.2, 0) is 17.9 Å². The van der Waals surface area contributed by atoms with Crippen LogP contribution in [0.25, 0.3) is 0 Å². The van der Waals surface area contributed by atoms with E-state index < -0.39 is 0 Å². The number of amides is 1. The third-order valence-corrected chi connectivity index (χ3v) is 6.48. The van der Waals surface area contributed by atoms with E-state index in [4.69, 9.17) is 0 Å². The van der Waals surface area contributed by atoms with Crippen LogP contribution in [0, 0.1) is 0 Å². The lowest BCUT2D eigenvalue weighted by molar-refractivity contribution is -0.132. The fourth-order valence-electron chi connectivity index (χ4n) is 2.50. The van der Waals surface area contributed by atoms with Crippen LogP contribution in [0.5, 0.6) is 0 Å². The summed E-state index contributed by atoms with van der Waals surface area (Å²) in [4.78, 5) is 17.2. The van der Waals surface area contributed by atoms with Crippen molar-refractivity contribution >= 4 is 52.7 Å².